The first-order chi connectivity index (χ1) is 14.6. The summed E-state index contributed by atoms with van der Waals surface area (Å²) in [6.07, 6.45) is 9.35. The van der Waals surface area contributed by atoms with Crippen molar-refractivity contribution < 1.29 is 42.4 Å². The van der Waals surface area contributed by atoms with E-state index in [1.807, 2.05) is 0 Å². The molecule has 1 aliphatic heterocycles. The number of imide groups is 1. The van der Waals surface area contributed by atoms with Crippen LogP contribution in [0.1, 0.15) is 57.8 Å². The maximum atomic E-state index is 11.8. The van der Waals surface area contributed by atoms with Crippen LogP contribution in [-0.2, 0) is 24.5 Å². The van der Waals surface area contributed by atoms with Gasteiger partial charge in [-0.3, -0.25) is 19.0 Å². The van der Waals surface area contributed by atoms with E-state index in [2.05, 4.69) is 0 Å². The summed E-state index contributed by atoms with van der Waals surface area (Å²) in [5.74, 6) is -3.23. The second-order valence-corrected chi connectivity index (χ2v) is 8.55. The lowest BCUT2D eigenvalue weighted by Crippen LogP contribution is -2.30. The van der Waals surface area contributed by atoms with E-state index in [-0.39, 0.29) is 23.0 Å². The van der Waals surface area contributed by atoms with Gasteiger partial charge in [-0.15, -0.1) is 4.73 Å². The van der Waals surface area contributed by atoms with E-state index >= 15 is 0 Å². The number of nitrogens with zero attached hydrogens (tertiary/aromatic N) is 2. The Morgan fingerprint density at radius 2 is 1.42 bits per heavy atom. The van der Waals surface area contributed by atoms with Crippen molar-refractivity contribution in [2.75, 3.05) is 6.54 Å². The van der Waals surface area contributed by atoms with Crippen molar-refractivity contribution in [3.05, 3.63) is 18.2 Å². The summed E-state index contributed by atoms with van der Waals surface area (Å²) in [7, 11) is -4.77. The molecule has 0 atom stereocenters. The number of carbonyl (C=O) groups is 3. The van der Waals surface area contributed by atoms with Gasteiger partial charge in [0.1, 0.15) is 0 Å². The molecule has 0 aliphatic carbocycles. The van der Waals surface area contributed by atoms with Crippen LogP contribution in [0.4, 0.5) is 0 Å². The fourth-order valence-electron chi connectivity index (χ4n) is 3.13. The summed E-state index contributed by atoms with van der Waals surface area (Å²) < 4.78 is 31.3. The monoisotopic (exact) mass is 458 g/mol. The summed E-state index contributed by atoms with van der Waals surface area (Å²) in [4.78, 5) is 39.6. The molecule has 1 aromatic rings. The average Bonchev–Trinajstić information content (AvgIpc) is 3.16. The van der Waals surface area contributed by atoms with E-state index < -0.39 is 32.7 Å². The molecule has 3 N–H and O–H groups in total. The van der Waals surface area contributed by atoms with Crippen LogP contribution in [0.3, 0.4) is 0 Å². The van der Waals surface area contributed by atoms with Crippen molar-refractivity contribution >= 4 is 27.9 Å². The topological polar surface area (TPSA) is 163 Å². The van der Waals surface area contributed by atoms with Crippen LogP contribution < -0.4 is 4.84 Å². The zero-order valence-corrected chi connectivity index (χ0v) is 17.7. The van der Waals surface area contributed by atoms with Gasteiger partial charge in [0.05, 0.1) is 0 Å². The third-order valence-corrected chi connectivity index (χ3v) is 5.62. The van der Waals surface area contributed by atoms with Crippen LogP contribution in [-0.4, -0.2) is 57.1 Å². The Hall–Kier alpha value is -2.86. The van der Waals surface area contributed by atoms with Crippen molar-refractivity contribution in [1.29, 1.82) is 0 Å². The number of carbonyl (C=O) groups excluding carboxylic acids is 3. The van der Waals surface area contributed by atoms with Gasteiger partial charge in [0, 0.05) is 31.2 Å². The normalized spacial score (nSPS) is 13.9. The first kappa shape index (κ1) is 24.4. The Balaban J connectivity index is 1.53. The minimum atomic E-state index is -4.77. The molecule has 2 amide bonds. The highest BCUT2D eigenvalue weighted by Crippen LogP contribution is 2.30. The smallest absolute Gasteiger partial charge is 0.333 e. The molecule has 0 spiro atoms. The van der Waals surface area contributed by atoms with E-state index in [9.17, 15) is 33.0 Å². The Morgan fingerprint density at radius 1 is 0.903 bits per heavy atom. The number of hydrogen-bond donors (Lipinski definition) is 3. The quantitative estimate of drug-likeness (QED) is 0.226. The number of amides is 2. The predicted molar refractivity (Wildman–Crippen MR) is 107 cm³/mol. The molecule has 2 heterocycles. The number of rotatable bonds is 13. The number of aromatic hydroxyl groups is 2. The SMILES string of the molecule is O=C(CCCCCCCCCCN1C(=O)C=CC1=O)On1c(O)cc(S(=O)(=O)O)c1O. The van der Waals surface area contributed by atoms with Gasteiger partial charge in [0.25, 0.3) is 27.8 Å². The Kier molecular flexibility index (Phi) is 8.63. The van der Waals surface area contributed by atoms with Gasteiger partial charge >= 0.3 is 5.97 Å². The lowest BCUT2D eigenvalue weighted by Gasteiger charge is -2.13. The molecular weight excluding hydrogens is 432 g/mol. The molecule has 0 radical (unpaired) electrons. The molecule has 1 aliphatic rings. The molecule has 11 nitrogen and oxygen atoms in total. The largest absolute Gasteiger partial charge is 0.492 e. The molecule has 0 saturated carbocycles. The van der Waals surface area contributed by atoms with Crippen LogP contribution in [0.15, 0.2) is 23.1 Å². The molecule has 0 bridgehead atoms. The van der Waals surface area contributed by atoms with Crippen molar-refractivity contribution in [3.63, 3.8) is 0 Å². The Labute approximate surface area is 179 Å². The van der Waals surface area contributed by atoms with Gasteiger partial charge in [-0.2, -0.15) is 8.42 Å². The standard InChI is InChI=1S/C19H26N2O9S/c22-15-10-11-16(23)20(15)12-8-6-4-2-1-3-5-7-9-18(25)30-21-17(24)13-14(19(21)26)31(27,28)29/h10-11,13,24,26H,1-9,12H2,(H,27,28,29). The van der Waals surface area contributed by atoms with Gasteiger partial charge in [0.15, 0.2) is 4.90 Å². The molecule has 0 saturated heterocycles. The number of unbranched alkanes of at least 4 members (excludes halogenated alkanes) is 7. The minimum Gasteiger partial charge on any atom is -0.492 e. The van der Waals surface area contributed by atoms with E-state index in [0.717, 1.165) is 44.9 Å². The summed E-state index contributed by atoms with van der Waals surface area (Å²) in [6.45, 7) is 0.436. The van der Waals surface area contributed by atoms with E-state index in [4.69, 9.17) is 9.39 Å². The fraction of sp³-hybridized carbons (Fsp3) is 0.526. The van der Waals surface area contributed by atoms with Crippen molar-refractivity contribution in [2.24, 2.45) is 0 Å². The van der Waals surface area contributed by atoms with Crippen LogP contribution in [0.2, 0.25) is 0 Å². The predicted octanol–water partition coefficient (Wildman–Crippen LogP) is 1.54. The first-order valence-electron chi connectivity index (χ1n) is 9.97. The van der Waals surface area contributed by atoms with E-state index in [1.54, 1.807) is 0 Å². The van der Waals surface area contributed by atoms with Crippen LogP contribution in [0.25, 0.3) is 0 Å². The second kappa shape index (κ2) is 11.0. The zero-order valence-electron chi connectivity index (χ0n) is 16.9. The van der Waals surface area contributed by atoms with Gasteiger partial charge < -0.3 is 15.1 Å². The first-order valence-corrected chi connectivity index (χ1v) is 11.4. The third kappa shape index (κ3) is 7.10. The Bertz CT molecular complexity index is 932. The summed E-state index contributed by atoms with van der Waals surface area (Å²) in [5, 5.41) is 19.2. The Morgan fingerprint density at radius 3 is 1.94 bits per heavy atom. The van der Waals surface area contributed by atoms with Crippen LogP contribution >= 0.6 is 0 Å². The van der Waals surface area contributed by atoms with E-state index in [0.29, 0.717) is 19.0 Å². The van der Waals surface area contributed by atoms with Crippen molar-refractivity contribution in [2.45, 2.75) is 62.7 Å². The van der Waals surface area contributed by atoms with Crippen LogP contribution in [0, 0.1) is 0 Å². The molecular formula is C19H26N2O9S. The maximum Gasteiger partial charge on any atom is 0.333 e. The fourth-order valence-corrected chi connectivity index (χ4v) is 3.70. The second-order valence-electron chi connectivity index (χ2n) is 7.16. The van der Waals surface area contributed by atoms with Gasteiger partial charge in [-0.1, -0.05) is 38.5 Å². The third-order valence-electron chi connectivity index (χ3n) is 4.77. The van der Waals surface area contributed by atoms with Gasteiger partial charge in [0.2, 0.25) is 5.88 Å². The molecule has 0 aromatic carbocycles. The molecule has 1 aromatic heterocycles. The molecule has 31 heavy (non-hydrogen) atoms. The summed E-state index contributed by atoms with van der Waals surface area (Å²) in [6, 6.07) is 0.565. The molecule has 2 rings (SSSR count). The highest BCUT2D eigenvalue weighted by atomic mass is 32.2. The number of hydrogen-bond acceptors (Lipinski definition) is 8. The zero-order chi connectivity index (χ0) is 23.0. The molecule has 0 unspecified atom stereocenters. The highest BCUT2D eigenvalue weighted by molar-refractivity contribution is 7.86. The van der Waals surface area contributed by atoms with Gasteiger partial charge in [-0.05, 0) is 12.8 Å². The van der Waals surface area contributed by atoms with E-state index in [1.165, 1.54) is 17.1 Å². The molecule has 0 fully saturated rings. The van der Waals surface area contributed by atoms with Gasteiger partial charge in [-0.25, -0.2) is 4.79 Å². The summed E-state index contributed by atoms with van der Waals surface area (Å²) in [5.41, 5.74) is 0. The summed E-state index contributed by atoms with van der Waals surface area (Å²) >= 11 is 0. The van der Waals surface area contributed by atoms with Crippen LogP contribution in [0.5, 0.6) is 11.8 Å². The average molecular weight is 458 g/mol. The highest BCUT2D eigenvalue weighted by Gasteiger charge is 2.25. The van der Waals surface area contributed by atoms with Crippen molar-refractivity contribution in [3.8, 4) is 11.8 Å². The lowest BCUT2D eigenvalue weighted by atomic mass is 10.1. The number of aromatic nitrogens is 1. The molecule has 12 heteroatoms. The molecule has 172 valence electrons. The minimum absolute atomic E-state index is 0.00416. The van der Waals surface area contributed by atoms with Crippen molar-refractivity contribution in [1.82, 2.24) is 9.63 Å². The lowest BCUT2D eigenvalue weighted by molar-refractivity contribution is -0.145. The maximum absolute atomic E-state index is 11.8.